The molecule has 0 spiro atoms. The molecule has 0 saturated heterocycles. The van der Waals surface area contributed by atoms with Crippen molar-refractivity contribution in [1.82, 2.24) is 4.98 Å². The van der Waals surface area contributed by atoms with Gasteiger partial charge in [-0.15, -0.1) is 16.8 Å². The van der Waals surface area contributed by atoms with Crippen LogP contribution < -0.4 is 0 Å². The third kappa shape index (κ3) is 5.84. The molecule has 1 N–H and O–H groups in total. The van der Waals surface area contributed by atoms with Crippen molar-refractivity contribution in [2.45, 2.75) is 51.9 Å². The molecule has 0 saturated carbocycles. The van der Waals surface area contributed by atoms with E-state index in [0.717, 1.165) is 10.7 Å². The zero-order valence-corrected chi connectivity index (χ0v) is 14.4. The smallest absolute Gasteiger partial charge is 0.337 e. The van der Waals surface area contributed by atoms with Crippen molar-refractivity contribution in [2.75, 3.05) is 0 Å². The van der Waals surface area contributed by atoms with E-state index in [0.29, 0.717) is 30.5 Å². The Bertz CT molecular complexity index is 632. The van der Waals surface area contributed by atoms with Gasteiger partial charge in [0.05, 0.1) is 22.9 Å². The predicted octanol–water partition coefficient (Wildman–Crippen LogP) is 2.24. The van der Waals surface area contributed by atoms with Crippen LogP contribution in [0, 0.1) is 0 Å². The van der Waals surface area contributed by atoms with Gasteiger partial charge in [-0.1, -0.05) is 13.0 Å². The monoisotopic (exact) mass is 333 g/mol. The van der Waals surface area contributed by atoms with Crippen molar-refractivity contribution in [2.24, 2.45) is 0 Å². The Morgan fingerprint density at radius 2 is 2.22 bits per heavy atom. The van der Waals surface area contributed by atoms with Crippen LogP contribution in [0.4, 0.5) is 0 Å². The van der Waals surface area contributed by atoms with Crippen LogP contribution in [-0.4, -0.2) is 35.8 Å². The first-order chi connectivity index (χ1) is 10.7. The average Bonchev–Trinajstić information content (AvgIpc) is 2.80. The Labute approximate surface area is 141 Å². The number of nitrogens with zero attached hydrogens (tertiary/aromatic N) is 1. The van der Waals surface area contributed by atoms with Gasteiger partial charge in [0.25, 0.3) is 0 Å². The summed E-state index contributed by atoms with van der Waals surface area (Å²) < 4.78 is 10.7. The Morgan fingerprint density at radius 3 is 2.87 bits per heavy atom. The molecule has 0 aliphatic carbocycles. The predicted molar refractivity (Wildman–Crippen MR) is 89.0 cm³/mol. The summed E-state index contributed by atoms with van der Waals surface area (Å²) in [5, 5.41) is 12.6. The number of aliphatic hydroxyl groups excluding tert-OH is 1. The maximum Gasteiger partial charge on any atom is 0.337 e. The number of cyclic esters (lactones) is 1. The highest BCUT2D eigenvalue weighted by molar-refractivity contribution is 7.09. The van der Waals surface area contributed by atoms with Crippen molar-refractivity contribution in [3.63, 3.8) is 0 Å². The topological polar surface area (TPSA) is 68.7 Å². The first-order valence-electron chi connectivity index (χ1n) is 7.41. The Kier molecular flexibility index (Phi) is 5.65. The van der Waals surface area contributed by atoms with Gasteiger partial charge in [-0.05, 0) is 6.42 Å². The second-order valence-electron chi connectivity index (χ2n) is 5.95. The summed E-state index contributed by atoms with van der Waals surface area (Å²) in [7, 11) is 5.54. The van der Waals surface area contributed by atoms with Gasteiger partial charge in [-0.2, -0.15) is 0 Å². The minimum atomic E-state index is -0.926. The third-order valence-corrected chi connectivity index (χ3v) is 3.99. The molecule has 122 valence electrons. The van der Waals surface area contributed by atoms with Crippen molar-refractivity contribution in [3.05, 3.63) is 39.5 Å². The van der Waals surface area contributed by atoms with Crippen LogP contribution in [0.5, 0.6) is 0 Å². The first-order valence-corrected chi connectivity index (χ1v) is 8.29. The number of esters is 1. The van der Waals surface area contributed by atoms with Crippen molar-refractivity contribution in [3.8, 4) is 0 Å². The number of aliphatic hydroxyl groups is 1. The number of allylic oxidation sites excluding steroid dienone is 2. The Morgan fingerprint density at radius 1 is 1.48 bits per heavy atom. The molecule has 1 aromatic heterocycles. The summed E-state index contributed by atoms with van der Waals surface area (Å²) in [4.78, 5) is 16.0. The van der Waals surface area contributed by atoms with E-state index in [2.05, 4.69) is 4.98 Å². The highest BCUT2D eigenvalue weighted by atomic mass is 32.1. The van der Waals surface area contributed by atoms with Crippen molar-refractivity contribution < 1.29 is 19.4 Å². The lowest BCUT2D eigenvalue weighted by Gasteiger charge is -2.30. The summed E-state index contributed by atoms with van der Waals surface area (Å²) in [5.41, 5.74) is 1.50. The first kappa shape index (κ1) is 17.8. The molecule has 5 nitrogen and oxygen atoms in total. The number of carbonyl (C=O) groups is 1. The van der Waals surface area contributed by atoms with Crippen LogP contribution in [-0.2, 0) is 27.1 Å². The molecule has 0 aromatic carbocycles. The van der Waals surface area contributed by atoms with E-state index in [1.165, 1.54) is 17.4 Å². The van der Waals surface area contributed by atoms with Crippen LogP contribution in [0.1, 0.15) is 37.9 Å². The van der Waals surface area contributed by atoms with E-state index in [9.17, 15) is 9.90 Å². The molecule has 1 aromatic rings. The fourth-order valence-corrected chi connectivity index (χ4v) is 3.12. The quantitative estimate of drug-likeness (QED) is 0.639. The molecule has 23 heavy (non-hydrogen) atoms. The summed E-state index contributed by atoms with van der Waals surface area (Å²) in [6.07, 6.45) is 4.03. The molecule has 0 bridgehead atoms. The minimum absolute atomic E-state index is 0.387. The van der Waals surface area contributed by atoms with Crippen LogP contribution in [0.3, 0.4) is 0 Å². The maximum absolute atomic E-state index is 11.5. The molecule has 1 aliphatic rings. The lowest BCUT2D eigenvalue weighted by Crippen LogP contribution is -2.34. The van der Waals surface area contributed by atoms with Gasteiger partial charge in [0.2, 0.25) is 5.79 Å². The van der Waals surface area contributed by atoms with E-state index in [1.807, 2.05) is 5.38 Å². The van der Waals surface area contributed by atoms with Gasteiger partial charge < -0.3 is 14.6 Å². The number of thiazole rings is 1. The fourth-order valence-electron chi connectivity index (χ4n) is 2.24. The number of aryl methyl sites for hydroxylation is 1. The Balaban J connectivity index is 1.90. The number of aromatic nitrogens is 1. The van der Waals surface area contributed by atoms with Crippen LogP contribution in [0.15, 0.2) is 28.8 Å². The standard InChI is InChI=1S/C16H20BNO4S/c1-10(17)6-12(19)7-14-18-11(9-23-14)4-5-13-8-15(20)22-16(2,3)21-13/h6,8-9,12,19H,4-5,7H2,1-3H3/b10-6+/t12-/m0/s1. The number of carbonyl (C=O) groups excluding carboxylic acids is 1. The second kappa shape index (κ2) is 7.32. The van der Waals surface area contributed by atoms with E-state index in [1.54, 1.807) is 26.8 Å². The molecule has 0 amide bonds. The second-order valence-corrected chi connectivity index (χ2v) is 6.89. The zero-order chi connectivity index (χ0) is 17.0. The summed E-state index contributed by atoms with van der Waals surface area (Å²) >= 11 is 1.50. The van der Waals surface area contributed by atoms with Gasteiger partial charge in [0, 0.05) is 32.1 Å². The van der Waals surface area contributed by atoms with E-state index in [4.69, 9.17) is 17.3 Å². The van der Waals surface area contributed by atoms with E-state index in [-0.39, 0.29) is 5.97 Å². The summed E-state index contributed by atoms with van der Waals surface area (Å²) in [5.74, 6) is -0.713. The molecule has 1 aliphatic heterocycles. The number of ether oxygens (including phenoxy) is 2. The average molecular weight is 333 g/mol. The minimum Gasteiger partial charge on any atom is -0.457 e. The number of hydrogen-bond donors (Lipinski definition) is 1. The molecule has 7 heteroatoms. The summed E-state index contributed by atoms with van der Waals surface area (Å²) in [6, 6.07) is 0. The van der Waals surface area contributed by atoms with Gasteiger partial charge in [0.15, 0.2) is 0 Å². The molecular formula is C16H20BNO4S. The van der Waals surface area contributed by atoms with Crippen LogP contribution in [0.2, 0.25) is 0 Å². The van der Waals surface area contributed by atoms with Crippen LogP contribution >= 0.6 is 11.3 Å². The summed E-state index contributed by atoms with van der Waals surface area (Å²) in [6.45, 7) is 5.14. The molecular weight excluding hydrogens is 313 g/mol. The van der Waals surface area contributed by atoms with Gasteiger partial charge in [-0.3, -0.25) is 0 Å². The number of rotatable bonds is 6. The molecule has 1 atom stereocenters. The highest BCUT2D eigenvalue weighted by Gasteiger charge is 2.29. The normalized spacial score (nSPS) is 18.9. The van der Waals surface area contributed by atoms with Gasteiger partial charge in [-0.25, -0.2) is 9.78 Å². The molecule has 2 radical (unpaired) electrons. The molecule has 2 heterocycles. The SMILES string of the molecule is [B]/C(C)=C/[C@H](O)Cc1nc(CCC2=CC(=O)OC(C)(C)O2)cs1. The Hall–Kier alpha value is -1.60. The highest BCUT2D eigenvalue weighted by Crippen LogP contribution is 2.25. The zero-order valence-electron chi connectivity index (χ0n) is 13.5. The molecule has 2 rings (SSSR count). The lowest BCUT2D eigenvalue weighted by atomic mass is 9.96. The molecule has 0 fully saturated rings. The lowest BCUT2D eigenvalue weighted by molar-refractivity contribution is -0.205. The van der Waals surface area contributed by atoms with Crippen LogP contribution in [0.25, 0.3) is 0 Å². The van der Waals surface area contributed by atoms with Gasteiger partial charge in [0.1, 0.15) is 13.6 Å². The number of hydrogen-bond acceptors (Lipinski definition) is 6. The molecule has 0 unspecified atom stereocenters. The van der Waals surface area contributed by atoms with Gasteiger partial charge >= 0.3 is 5.97 Å². The van der Waals surface area contributed by atoms with Crippen molar-refractivity contribution in [1.29, 1.82) is 0 Å². The van der Waals surface area contributed by atoms with E-state index >= 15 is 0 Å². The largest absolute Gasteiger partial charge is 0.457 e. The van der Waals surface area contributed by atoms with E-state index < -0.39 is 11.9 Å². The fraction of sp³-hybridized carbons (Fsp3) is 0.500. The van der Waals surface area contributed by atoms with Crippen molar-refractivity contribution >= 4 is 25.2 Å². The third-order valence-electron chi connectivity index (χ3n) is 3.07. The maximum atomic E-state index is 11.5.